The molecule has 3 rings (SSSR count). The van der Waals surface area contributed by atoms with E-state index in [0.29, 0.717) is 23.5 Å². The van der Waals surface area contributed by atoms with Crippen LogP contribution in [0.1, 0.15) is 13.8 Å². The summed E-state index contributed by atoms with van der Waals surface area (Å²) in [6.45, 7) is 5.86. The maximum atomic E-state index is 11.9. The molecular weight excluding hydrogens is 204 g/mol. The molecule has 4 nitrogen and oxygen atoms in total. The third-order valence-electron chi connectivity index (χ3n) is 3.38. The van der Waals surface area contributed by atoms with Gasteiger partial charge in [-0.15, -0.1) is 0 Å². The Morgan fingerprint density at radius 1 is 0.938 bits per heavy atom. The van der Waals surface area contributed by atoms with Crippen LogP contribution >= 0.6 is 0 Å². The zero-order chi connectivity index (χ0) is 11.4. The van der Waals surface area contributed by atoms with E-state index in [1.165, 1.54) is 12.2 Å². The summed E-state index contributed by atoms with van der Waals surface area (Å²) in [5.74, 6) is -0.0592. The lowest BCUT2D eigenvalue weighted by Crippen LogP contribution is -2.22. The second-order valence-electron chi connectivity index (χ2n) is 4.79. The highest BCUT2D eigenvalue weighted by molar-refractivity contribution is 6.19. The van der Waals surface area contributed by atoms with Crippen LogP contribution in [0.3, 0.4) is 0 Å². The molecule has 4 heteroatoms. The maximum Gasteiger partial charge on any atom is 0.204 e. The minimum atomic E-state index is -0.0296. The molecule has 0 radical (unpaired) electrons. The van der Waals surface area contributed by atoms with Crippen molar-refractivity contribution in [3.8, 4) is 0 Å². The first-order chi connectivity index (χ1) is 7.58. The van der Waals surface area contributed by atoms with Crippen molar-refractivity contribution in [1.29, 1.82) is 0 Å². The molecular formula is C12H14N2O2. The topological polar surface area (TPSA) is 40.2 Å². The van der Waals surface area contributed by atoms with Gasteiger partial charge in [-0.1, -0.05) is 0 Å². The van der Waals surface area contributed by atoms with Gasteiger partial charge in [-0.2, -0.15) is 0 Å². The number of carbonyl (C=O) groups is 2. The van der Waals surface area contributed by atoms with E-state index in [2.05, 4.69) is 0 Å². The molecule has 0 aromatic rings. The van der Waals surface area contributed by atoms with Crippen molar-refractivity contribution in [2.45, 2.75) is 25.9 Å². The fourth-order valence-electron chi connectivity index (χ4n) is 2.13. The van der Waals surface area contributed by atoms with Crippen LogP contribution in [0.2, 0.25) is 0 Å². The van der Waals surface area contributed by atoms with Gasteiger partial charge in [-0.05, 0) is 13.8 Å². The predicted octanol–water partition coefficient (Wildman–Crippen LogP) is 0.314. The van der Waals surface area contributed by atoms with Gasteiger partial charge in [0.25, 0.3) is 0 Å². The van der Waals surface area contributed by atoms with Crippen LogP contribution in [-0.2, 0) is 9.59 Å². The smallest absolute Gasteiger partial charge is 0.204 e. The first-order valence-corrected chi connectivity index (χ1v) is 5.63. The second-order valence-corrected chi connectivity index (χ2v) is 4.79. The fourth-order valence-corrected chi connectivity index (χ4v) is 2.13. The van der Waals surface area contributed by atoms with Crippen LogP contribution in [0.4, 0.5) is 0 Å². The van der Waals surface area contributed by atoms with Crippen molar-refractivity contribution in [3.05, 3.63) is 23.5 Å². The van der Waals surface area contributed by atoms with E-state index in [1.54, 1.807) is 0 Å². The Morgan fingerprint density at radius 2 is 1.25 bits per heavy atom. The molecule has 0 aromatic heterocycles. The van der Waals surface area contributed by atoms with Gasteiger partial charge in [0.05, 0.1) is 11.4 Å². The van der Waals surface area contributed by atoms with E-state index in [-0.39, 0.29) is 11.6 Å². The van der Waals surface area contributed by atoms with E-state index < -0.39 is 0 Å². The number of hydrogen-bond acceptors (Lipinski definition) is 4. The molecule has 0 amide bonds. The lowest BCUT2D eigenvalue weighted by atomic mass is 10.1. The number of nitrogens with zero attached hydrogens (tertiary/aromatic N) is 2. The molecule has 0 unspecified atom stereocenters. The van der Waals surface area contributed by atoms with E-state index in [4.69, 9.17) is 0 Å². The Balaban J connectivity index is 1.83. The Hall–Kier alpha value is -1.58. The first-order valence-electron chi connectivity index (χ1n) is 5.63. The Labute approximate surface area is 94.2 Å². The standard InChI is InChI=1S/C12H14N2O2/c1-7-5-13(7)9-3-12(16)10(4-11(9)15)14-6-8(14)2/h3-4,7-8H,5-6H2,1-2H3/t7-,8+,13?,14?. The van der Waals surface area contributed by atoms with E-state index in [1.807, 2.05) is 23.6 Å². The van der Waals surface area contributed by atoms with Crippen molar-refractivity contribution in [1.82, 2.24) is 9.80 Å². The van der Waals surface area contributed by atoms with Gasteiger partial charge >= 0.3 is 0 Å². The van der Waals surface area contributed by atoms with Crippen molar-refractivity contribution in [2.24, 2.45) is 0 Å². The molecule has 84 valence electrons. The highest BCUT2D eigenvalue weighted by Gasteiger charge is 2.40. The quantitative estimate of drug-likeness (QED) is 0.494. The second kappa shape index (κ2) is 2.97. The SMILES string of the molecule is C[C@@H]1CN1C1=CC(=O)C(N2C[C@@H]2C)=CC1=O. The molecule has 2 fully saturated rings. The Morgan fingerprint density at radius 3 is 1.50 bits per heavy atom. The normalized spacial score (nSPS) is 32.6. The lowest BCUT2D eigenvalue weighted by Gasteiger charge is -2.14. The van der Waals surface area contributed by atoms with Gasteiger partial charge in [0, 0.05) is 37.3 Å². The highest BCUT2D eigenvalue weighted by Crippen LogP contribution is 2.31. The van der Waals surface area contributed by atoms with Crippen LogP contribution in [-0.4, -0.2) is 46.5 Å². The lowest BCUT2D eigenvalue weighted by molar-refractivity contribution is -0.116. The summed E-state index contributed by atoms with van der Waals surface area (Å²) in [7, 11) is 0. The predicted molar refractivity (Wildman–Crippen MR) is 58.5 cm³/mol. The summed E-state index contributed by atoms with van der Waals surface area (Å²) in [5, 5.41) is 0. The summed E-state index contributed by atoms with van der Waals surface area (Å²) in [6, 6.07) is 0.802. The monoisotopic (exact) mass is 218 g/mol. The molecule has 2 saturated heterocycles. The fraction of sp³-hybridized carbons (Fsp3) is 0.500. The van der Waals surface area contributed by atoms with Crippen molar-refractivity contribution in [2.75, 3.05) is 13.1 Å². The Bertz CT molecular complexity index is 408. The third kappa shape index (κ3) is 1.37. The molecule has 16 heavy (non-hydrogen) atoms. The summed E-state index contributed by atoms with van der Waals surface area (Å²) >= 11 is 0. The Kier molecular flexibility index (Phi) is 1.79. The molecule has 2 aliphatic heterocycles. The maximum absolute atomic E-state index is 11.9. The number of carbonyl (C=O) groups excluding carboxylic acids is 2. The molecule has 0 bridgehead atoms. The summed E-state index contributed by atoms with van der Waals surface area (Å²) in [5.41, 5.74) is 1.13. The molecule has 1 aliphatic carbocycles. The molecule has 0 saturated carbocycles. The molecule has 2 atom stereocenters. The van der Waals surface area contributed by atoms with Crippen LogP contribution < -0.4 is 0 Å². The molecule has 3 aliphatic rings. The van der Waals surface area contributed by atoms with Gasteiger partial charge < -0.3 is 9.80 Å². The first kappa shape index (κ1) is 9.63. The van der Waals surface area contributed by atoms with Gasteiger partial charge in [0.1, 0.15) is 0 Å². The van der Waals surface area contributed by atoms with Gasteiger partial charge in [-0.25, -0.2) is 0 Å². The summed E-state index contributed by atoms with van der Waals surface area (Å²) < 4.78 is 0. The summed E-state index contributed by atoms with van der Waals surface area (Å²) in [6.07, 6.45) is 2.98. The van der Waals surface area contributed by atoms with Crippen LogP contribution in [0.25, 0.3) is 0 Å². The van der Waals surface area contributed by atoms with E-state index >= 15 is 0 Å². The number of rotatable bonds is 2. The average molecular weight is 218 g/mol. The minimum absolute atomic E-state index is 0.0296. The minimum Gasteiger partial charge on any atom is -0.362 e. The largest absolute Gasteiger partial charge is 0.362 e. The molecule has 0 aromatic carbocycles. The van der Waals surface area contributed by atoms with E-state index in [0.717, 1.165) is 13.1 Å². The average Bonchev–Trinajstić information content (AvgIpc) is 3.10. The molecule has 2 heterocycles. The molecule has 0 spiro atoms. The van der Waals surface area contributed by atoms with Gasteiger partial charge in [-0.3, -0.25) is 9.59 Å². The highest BCUT2D eigenvalue weighted by atomic mass is 16.1. The van der Waals surface area contributed by atoms with E-state index in [9.17, 15) is 9.59 Å². The number of allylic oxidation sites excluding steroid dienone is 2. The zero-order valence-corrected chi connectivity index (χ0v) is 9.43. The van der Waals surface area contributed by atoms with Crippen molar-refractivity contribution < 1.29 is 9.59 Å². The molecule has 0 N–H and O–H groups in total. The van der Waals surface area contributed by atoms with Crippen LogP contribution in [0, 0.1) is 0 Å². The third-order valence-corrected chi connectivity index (χ3v) is 3.38. The summed E-state index contributed by atoms with van der Waals surface area (Å²) in [4.78, 5) is 27.6. The van der Waals surface area contributed by atoms with Crippen molar-refractivity contribution in [3.63, 3.8) is 0 Å². The van der Waals surface area contributed by atoms with Gasteiger partial charge in [0.2, 0.25) is 11.6 Å². The van der Waals surface area contributed by atoms with Gasteiger partial charge in [0.15, 0.2) is 0 Å². The number of ketones is 2. The zero-order valence-electron chi connectivity index (χ0n) is 9.43. The van der Waals surface area contributed by atoms with Crippen LogP contribution in [0.15, 0.2) is 23.5 Å². The number of hydrogen-bond donors (Lipinski definition) is 0. The van der Waals surface area contributed by atoms with Crippen molar-refractivity contribution >= 4 is 11.6 Å². The van der Waals surface area contributed by atoms with Crippen LogP contribution in [0.5, 0.6) is 0 Å².